The summed E-state index contributed by atoms with van der Waals surface area (Å²) in [6.45, 7) is 6.39. The average Bonchev–Trinajstić information content (AvgIpc) is 2.48. The molecule has 2 rings (SSSR count). The predicted octanol–water partition coefficient (Wildman–Crippen LogP) is 3.57. The first-order valence-electron chi connectivity index (χ1n) is 7.32. The number of piperidine rings is 1. The summed E-state index contributed by atoms with van der Waals surface area (Å²) in [6, 6.07) is 7.77. The number of ether oxygens (including phenoxy) is 2. The summed E-state index contributed by atoms with van der Waals surface area (Å²) >= 11 is 3.70. The van der Waals surface area contributed by atoms with E-state index in [2.05, 4.69) is 27.8 Å². The van der Waals surface area contributed by atoms with Crippen molar-refractivity contribution in [3.8, 4) is 11.5 Å². The standard InChI is InChI=1S/C16H24BrNO2/c1-13(17)14-7-9-18(10-8-14)11-12-20-16-5-3-15(19-2)4-6-16/h3-6,13-14H,7-12H2,1-2H3. The number of hydrogen-bond acceptors (Lipinski definition) is 3. The molecule has 1 aromatic rings. The van der Waals surface area contributed by atoms with Crippen molar-refractivity contribution in [3.05, 3.63) is 24.3 Å². The maximum Gasteiger partial charge on any atom is 0.119 e. The highest BCUT2D eigenvalue weighted by molar-refractivity contribution is 9.09. The summed E-state index contributed by atoms with van der Waals surface area (Å²) in [5, 5.41) is 0. The van der Waals surface area contributed by atoms with Crippen LogP contribution in [0.5, 0.6) is 11.5 Å². The topological polar surface area (TPSA) is 21.7 Å². The van der Waals surface area contributed by atoms with E-state index in [1.54, 1.807) is 7.11 Å². The highest BCUT2D eigenvalue weighted by Crippen LogP contribution is 2.24. The maximum absolute atomic E-state index is 5.78. The number of nitrogens with zero attached hydrogens (tertiary/aromatic N) is 1. The van der Waals surface area contributed by atoms with Gasteiger partial charge in [0, 0.05) is 11.4 Å². The summed E-state index contributed by atoms with van der Waals surface area (Å²) in [5.41, 5.74) is 0. The minimum Gasteiger partial charge on any atom is -0.497 e. The first-order valence-corrected chi connectivity index (χ1v) is 8.24. The molecule has 1 unspecified atom stereocenters. The van der Waals surface area contributed by atoms with Crippen LogP contribution in [0.3, 0.4) is 0 Å². The lowest BCUT2D eigenvalue weighted by atomic mass is 9.94. The van der Waals surface area contributed by atoms with E-state index >= 15 is 0 Å². The van der Waals surface area contributed by atoms with Gasteiger partial charge in [-0.15, -0.1) is 0 Å². The number of hydrogen-bond donors (Lipinski definition) is 0. The van der Waals surface area contributed by atoms with E-state index in [0.29, 0.717) is 4.83 Å². The second kappa shape index (κ2) is 7.89. The first-order chi connectivity index (χ1) is 9.69. The lowest BCUT2D eigenvalue weighted by Crippen LogP contribution is -2.38. The third-order valence-corrected chi connectivity index (χ3v) is 4.77. The van der Waals surface area contributed by atoms with Gasteiger partial charge in [0.15, 0.2) is 0 Å². The molecule has 0 aliphatic carbocycles. The Morgan fingerprint density at radius 2 is 1.80 bits per heavy atom. The molecule has 0 amide bonds. The van der Waals surface area contributed by atoms with Gasteiger partial charge in [0.1, 0.15) is 18.1 Å². The Hall–Kier alpha value is -0.740. The van der Waals surface area contributed by atoms with Gasteiger partial charge < -0.3 is 9.47 Å². The van der Waals surface area contributed by atoms with Crippen LogP contribution in [0.15, 0.2) is 24.3 Å². The summed E-state index contributed by atoms with van der Waals surface area (Å²) in [6.07, 6.45) is 2.57. The van der Waals surface area contributed by atoms with E-state index in [0.717, 1.165) is 30.6 Å². The van der Waals surface area contributed by atoms with Crippen LogP contribution in [0.2, 0.25) is 0 Å². The molecule has 0 aromatic heterocycles. The zero-order valence-electron chi connectivity index (χ0n) is 12.3. The molecular formula is C16H24BrNO2. The van der Waals surface area contributed by atoms with Crippen LogP contribution >= 0.6 is 15.9 Å². The molecule has 0 saturated carbocycles. The normalized spacial score (nSPS) is 18.8. The van der Waals surface area contributed by atoms with E-state index in [9.17, 15) is 0 Å². The van der Waals surface area contributed by atoms with E-state index in [1.165, 1.54) is 25.9 Å². The number of methoxy groups -OCH3 is 1. The van der Waals surface area contributed by atoms with Crippen molar-refractivity contribution in [3.63, 3.8) is 0 Å². The summed E-state index contributed by atoms with van der Waals surface area (Å²) < 4.78 is 10.9. The maximum atomic E-state index is 5.78. The van der Waals surface area contributed by atoms with Crippen molar-refractivity contribution < 1.29 is 9.47 Å². The molecule has 3 nitrogen and oxygen atoms in total. The molecule has 1 fully saturated rings. The van der Waals surface area contributed by atoms with E-state index in [4.69, 9.17) is 9.47 Å². The monoisotopic (exact) mass is 341 g/mol. The smallest absolute Gasteiger partial charge is 0.119 e. The largest absolute Gasteiger partial charge is 0.497 e. The van der Waals surface area contributed by atoms with Crippen molar-refractivity contribution in [2.45, 2.75) is 24.6 Å². The van der Waals surface area contributed by atoms with Crippen molar-refractivity contribution in [2.24, 2.45) is 5.92 Å². The molecule has 1 heterocycles. The van der Waals surface area contributed by atoms with Crippen molar-refractivity contribution >= 4 is 15.9 Å². The minimum absolute atomic E-state index is 0.639. The molecule has 0 radical (unpaired) electrons. The third-order valence-electron chi connectivity index (χ3n) is 4.02. The van der Waals surface area contributed by atoms with Crippen LogP contribution in [0, 0.1) is 5.92 Å². The van der Waals surface area contributed by atoms with E-state index < -0.39 is 0 Å². The number of likely N-dealkylation sites (tertiary alicyclic amines) is 1. The van der Waals surface area contributed by atoms with Crippen molar-refractivity contribution in [2.75, 3.05) is 33.4 Å². The molecule has 0 N–H and O–H groups in total. The molecule has 0 spiro atoms. The zero-order valence-corrected chi connectivity index (χ0v) is 13.9. The van der Waals surface area contributed by atoms with Gasteiger partial charge in [0.2, 0.25) is 0 Å². The zero-order chi connectivity index (χ0) is 14.4. The Balaban J connectivity index is 1.66. The van der Waals surface area contributed by atoms with Gasteiger partial charge in [-0.05, 0) is 56.1 Å². The number of alkyl halides is 1. The predicted molar refractivity (Wildman–Crippen MR) is 86.0 cm³/mol. The Bertz CT molecular complexity index is 386. The van der Waals surface area contributed by atoms with Crippen LogP contribution in [0.25, 0.3) is 0 Å². The molecular weight excluding hydrogens is 318 g/mol. The summed E-state index contributed by atoms with van der Waals surface area (Å²) in [7, 11) is 1.67. The molecule has 1 aromatic carbocycles. The SMILES string of the molecule is COc1ccc(OCCN2CCC(C(C)Br)CC2)cc1. The van der Waals surface area contributed by atoms with Gasteiger partial charge in [-0.3, -0.25) is 4.90 Å². The molecule has 1 aliphatic heterocycles. The summed E-state index contributed by atoms with van der Waals surface area (Å²) in [4.78, 5) is 3.13. The number of benzene rings is 1. The van der Waals surface area contributed by atoms with Gasteiger partial charge in [-0.25, -0.2) is 0 Å². The minimum atomic E-state index is 0.639. The van der Waals surface area contributed by atoms with Gasteiger partial charge in [-0.1, -0.05) is 22.9 Å². The van der Waals surface area contributed by atoms with Crippen LogP contribution in [-0.4, -0.2) is 43.1 Å². The van der Waals surface area contributed by atoms with Gasteiger partial charge in [-0.2, -0.15) is 0 Å². The molecule has 112 valence electrons. The van der Waals surface area contributed by atoms with Gasteiger partial charge in [0.05, 0.1) is 7.11 Å². The molecule has 1 saturated heterocycles. The van der Waals surface area contributed by atoms with Crippen molar-refractivity contribution in [1.29, 1.82) is 0 Å². The molecule has 20 heavy (non-hydrogen) atoms. The Kier molecular flexibility index (Phi) is 6.17. The fourth-order valence-electron chi connectivity index (χ4n) is 2.60. The quantitative estimate of drug-likeness (QED) is 0.738. The molecule has 0 bridgehead atoms. The number of halogens is 1. The van der Waals surface area contributed by atoms with Crippen LogP contribution in [0.1, 0.15) is 19.8 Å². The van der Waals surface area contributed by atoms with Crippen LogP contribution in [-0.2, 0) is 0 Å². The first kappa shape index (κ1) is 15.6. The number of rotatable bonds is 6. The van der Waals surface area contributed by atoms with Gasteiger partial charge >= 0.3 is 0 Å². The molecule has 4 heteroatoms. The Morgan fingerprint density at radius 1 is 1.20 bits per heavy atom. The second-order valence-corrected chi connectivity index (χ2v) is 6.82. The molecule has 1 atom stereocenters. The second-order valence-electron chi connectivity index (χ2n) is 5.38. The van der Waals surface area contributed by atoms with E-state index in [1.807, 2.05) is 24.3 Å². The van der Waals surface area contributed by atoms with Crippen LogP contribution < -0.4 is 9.47 Å². The lowest BCUT2D eigenvalue weighted by molar-refractivity contribution is 0.155. The van der Waals surface area contributed by atoms with Crippen LogP contribution in [0.4, 0.5) is 0 Å². The lowest BCUT2D eigenvalue weighted by Gasteiger charge is -2.33. The average molecular weight is 342 g/mol. The highest BCUT2D eigenvalue weighted by Gasteiger charge is 2.21. The summed E-state index contributed by atoms with van der Waals surface area (Å²) in [5.74, 6) is 2.60. The Labute approximate surface area is 130 Å². The fourth-order valence-corrected chi connectivity index (χ4v) is 3.13. The highest BCUT2D eigenvalue weighted by atomic mass is 79.9. The fraction of sp³-hybridized carbons (Fsp3) is 0.625. The third kappa shape index (κ3) is 4.67. The Morgan fingerprint density at radius 3 is 2.35 bits per heavy atom. The molecule has 1 aliphatic rings. The van der Waals surface area contributed by atoms with Crippen molar-refractivity contribution in [1.82, 2.24) is 4.90 Å². The van der Waals surface area contributed by atoms with E-state index in [-0.39, 0.29) is 0 Å². The van der Waals surface area contributed by atoms with Gasteiger partial charge in [0.25, 0.3) is 0 Å².